The Morgan fingerprint density at radius 3 is 2.52 bits per heavy atom. The first-order valence-corrected chi connectivity index (χ1v) is 9.90. The van der Waals surface area contributed by atoms with Crippen molar-refractivity contribution in [2.45, 2.75) is 18.9 Å². The highest BCUT2D eigenvalue weighted by atomic mass is 16.3. The molecule has 1 heterocycles. The minimum absolute atomic E-state index is 0.154. The van der Waals surface area contributed by atoms with Gasteiger partial charge in [-0.05, 0) is 64.1 Å². The van der Waals surface area contributed by atoms with E-state index in [1.807, 2.05) is 24.3 Å². The normalized spacial score (nSPS) is 13.8. The van der Waals surface area contributed by atoms with E-state index in [4.69, 9.17) is 4.42 Å². The Hall–Kier alpha value is -3.59. The van der Waals surface area contributed by atoms with Crippen molar-refractivity contribution in [1.82, 2.24) is 5.32 Å². The average molecular weight is 379 g/mol. The lowest BCUT2D eigenvalue weighted by atomic mass is 9.91. The molecule has 5 rings (SSSR count). The molecule has 1 unspecified atom stereocenters. The van der Waals surface area contributed by atoms with E-state index in [1.54, 1.807) is 18.4 Å². The minimum Gasteiger partial charge on any atom is -0.465 e. The Labute approximate surface area is 169 Å². The highest BCUT2D eigenvalue weighted by Gasteiger charge is 2.22. The van der Waals surface area contributed by atoms with Gasteiger partial charge in [-0.25, -0.2) is 0 Å². The van der Waals surface area contributed by atoms with Crippen LogP contribution >= 0.6 is 0 Å². The number of hydrogen-bond donors (Lipinski definition) is 1. The van der Waals surface area contributed by atoms with Crippen molar-refractivity contribution in [2.75, 3.05) is 0 Å². The zero-order valence-corrected chi connectivity index (χ0v) is 16.0. The number of hydrogen-bond acceptors (Lipinski definition) is 2. The van der Waals surface area contributed by atoms with E-state index in [-0.39, 0.29) is 11.9 Å². The van der Waals surface area contributed by atoms with Gasteiger partial charge in [-0.15, -0.1) is 0 Å². The highest BCUT2D eigenvalue weighted by molar-refractivity contribution is 5.95. The van der Waals surface area contributed by atoms with E-state index in [0.29, 0.717) is 5.76 Å². The average Bonchev–Trinajstić information content (AvgIpc) is 3.43. The summed E-state index contributed by atoms with van der Waals surface area (Å²) in [7, 11) is 0. The summed E-state index contributed by atoms with van der Waals surface area (Å²) in [5.74, 6) is 0.500. The van der Waals surface area contributed by atoms with Crippen molar-refractivity contribution in [1.29, 1.82) is 0 Å². The first-order valence-electron chi connectivity index (χ1n) is 9.90. The molecule has 29 heavy (non-hydrogen) atoms. The van der Waals surface area contributed by atoms with E-state index >= 15 is 0 Å². The van der Waals surface area contributed by atoms with E-state index < -0.39 is 0 Å². The van der Waals surface area contributed by atoms with Crippen molar-refractivity contribution in [3.63, 3.8) is 0 Å². The highest BCUT2D eigenvalue weighted by Crippen LogP contribution is 2.36. The van der Waals surface area contributed by atoms with Crippen LogP contribution in [-0.2, 0) is 17.6 Å². The van der Waals surface area contributed by atoms with Crippen LogP contribution in [0.3, 0.4) is 0 Å². The van der Waals surface area contributed by atoms with Crippen molar-refractivity contribution >= 4 is 22.8 Å². The van der Waals surface area contributed by atoms with Crippen LogP contribution in [0.1, 0.15) is 34.1 Å². The molecule has 3 heteroatoms. The first kappa shape index (κ1) is 17.5. The predicted octanol–water partition coefficient (Wildman–Crippen LogP) is 5.45. The fourth-order valence-corrected chi connectivity index (χ4v) is 4.24. The summed E-state index contributed by atoms with van der Waals surface area (Å²) in [5, 5.41) is 5.77. The molecule has 1 N–H and O–H groups in total. The van der Waals surface area contributed by atoms with Crippen molar-refractivity contribution in [3.8, 4) is 0 Å². The Bertz CT molecular complexity index is 1180. The van der Waals surface area contributed by atoms with E-state index in [9.17, 15) is 4.79 Å². The van der Waals surface area contributed by atoms with Crippen LogP contribution in [0.4, 0.5) is 0 Å². The summed E-state index contributed by atoms with van der Waals surface area (Å²) < 4.78 is 5.28. The topological polar surface area (TPSA) is 42.2 Å². The van der Waals surface area contributed by atoms with E-state index in [1.165, 1.54) is 28.0 Å². The second-order valence-corrected chi connectivity index (χ2v) is 7.35. The molecular weight excluding hydrogens is 358 g/mol. The lowest BCUT2D eigenvalue weighted by molar-refractivity contribution is -0.116. The van der Waals surface area contributed by atoms with Crippen molar-refractivity contribution < 1.29 is 9.21 Å². The van der Waals surface area contributed by atoms with Gasteiger partial charge in [0.15, 0.2) is 0 Å². The number of aryl methyl sites for hydroxylation is 2. The molecule has 3 nitrogen and oxygen atoms in total. The van der Waals surface area contributed by atoms with Gasteiger partial charge in [-0.3, -0.25) is 4.79 Å². The largest absolute Gasteiger partial charge is 0.465 e. The molecule has 1 aliphatic carbocycles. The van der Waals surface area contributed by atoms with Crippen LogP contribution in [0.25, 0.3) is 16.8 Å². The number of nitrogens with one attached hydrogen (secondary N) is 1. The molecule has 1 amide bonds. The summed E-state index contributed by atoms with van der Waals surface area (Å²) in [6.45, 7) is 0. The van der Waals surface area contributed by atoms with Crippen LogP contribution in [0.15, 0.2) is 89.6 Å². The molecule has 0 fully saturated rings. The van der Waals surface area contributed by atoms with Gasteiger partial charge >= 0.3 is 0 Å². The van der Waals surface area contributed by atoms with Crippen molar-refractivity contribution in [2.24, 2.45) is 0 Å². The molecule has 142 valence electrons. The van der Waals surface area contributed by atoms with E-state index in [2.05, 4.69) is 47.8 Å². The monoisotopic (exact) mass is 379 g/mol. The van der Waals surface area contributed by atoms with Gasteiger partial charge in [0.1, 0.15) is 5.76 Å². The lowest BCUT2D eigenvalue weighted by Gasteiger charge is -2.21. The second-order valence-electron chi connectivity index (χ2n) is 7.35. The number of amides is 1. The quantitative estimate of drug-likeness (QED) is 0.469. The van der Waals surface area contributed by atoms with Crippen LogP contribution < -0.4 is 5.32 Å². The van der Waals surface area contributed by atoms with Gasteiger partial charge in [0, 0.05) is 6.08 Å². The third kappa shape index (κ3) is 3.36. The summed E-state index contributed by atoms with van der Waals surface area (Å²) in [4.78, 5) is 12.7. The molecular formula is C26H21NO2. The summed E-state index contributed by atoms with van der Waals surface area (Å²) in [6, 6.07) is 24.4. The summed E-state index contributed by atoms with van der Waals surface area (Å²) in [6.07, 6.45) is 6.98. The molecule has 0 bridgehead atoms. The molecule has 1 aliphatic rings. The molecule has 0 radical (unpaired) electrons. The van der Waals surface area contributed by atoms with Gasteiger partial charge in [-0.2, -0.15) is 0 Å². The number of carbonyl (C=O) groups is 1. The number of rotatable bonds is 5. The van der Waals surface area contributed by atoms with Gasteiger partial charge in [0.05, 0.1) is 12.3 Å². The minimum atomic E-state index is -0.227. The molecule has 4 aromatic rings. The molecule has 1 aromatic heterocycles. The number of furan rings is 1. The Kier molecular flexibility index (Phi) is 4.49. The van der Waals surface area contributed by atoms with Gasteiger partial charge in [-0.1, -0.05) is 60.7 Å². The van der Waals surface area contributed by atoms with Crippen LogP contribution in [-0.4, -0.2) is 5.91 Å². The standard InChI is InChI=1S/C26H21NO2/c28-24(16-14-21-9-5-17-29-21)27-26(20-6-2-1-3-7-20)23-15-13-19-12-11-18-8-4-10-22(23)25(18)19/h1-10,13-17,26H,11-12H2,(H,27,28)/b16-14+. The zero-order valence-electron chi connectivity index (χ0n) is 16.0. The van der Waals surface area contributed by atoms with E-state index in [0.717, 1.165) is 24.0 Å². The van der Waals surface area contributed by atoms with Gasteiger partial charge in [0.2, 0.25) is 5.91 Å². The van der Waals surface area contributed by atoms with Crippen molar-refractivity contribution in [3.05, 3.63) is 113 Å². The lowest BCUT2D eigenvalue weighted by Crippen LogP contribution is -2.28. The maximum atomic E-state index is 12.7. The zero-order chi connectivity index (χ0) is 19.6. The Morgan fingerprint density at radius 1 is 0.897 bits per heavy atom. The third-order valence-corrected chi connectivity index (χ3v) is 5.58. The van der Waals surface area contributed by atoms with Gasteiger partial charge < -0.3 is 9.73 Å². The molecule has 0 aliphatic heterocycles. The molecule has 3 aromatic carbocycles. The fourth-order valence-electron chi connectivity index (χ4n) is 4.24. The summed E-state index contributed by atoms with van der Waals surface area (Å²) in [5.41, 5.74) is 4.98. The SMILES string of the molecule is O=C(/C=C/c1ccco1)NC(c1ccccc1)c1ccc2c3c(cccc13)CC2. The second kappa shape index (κ2) is 7.44. The first-order chi connectivity index (χ1) is 14.3. The smallest absolute Gasteiger partial charge is 0.244 e. The Balaban J connectivity index is 1.56. The number of benzene rings is 3. The maximum absolute atomic E-state index is 12.7. The molecule has 0 saturated carbocycles. The van der Waals surface area contributed by atoms with Crippen LogP contribution in [0.2, 0.25) is 0 Å². The molecule has 0 spiro atoms. The predicted molar refractivity (Wildman–Crippen MR) is 116 cm³/mol. The third-order valence-electron chi connectivity index (χ3n) is 5.58. The Morgan fingerprint density at radius 2 is 1.72 bits per heavy atom. The molecule has 0 saturated heterocycles. The summed E-state index contributed by atoms with van der Waals surface area (Å²) >= 11 is 0. The van der Waals surface area contributed by atoms with Gasteiger partial charge in [0.25, 0.3) is 0 Å². The van der Waals surface area contributed by atoms with Crippen LogP contribution in [0.5, 0.6) is 0 Å². The maximum Gasteiger partial charge on any atom is 0.244 e. The number of carbonyl (C=O) groups excluding carboxylic acids is 1. The fraction of sp³-hybridized carbons (Fsp3) is 0.115. The molecule has 1 atom stereocenters. The van der Waals surface area contributed by atoms with Crippen LogP contribution in [0, 0.1) is 0 Å².